The molecule has 0 aliphatic heterocycles. The highest BCUT2D eigenvalue weighted by Gasteiger charge is 2.36. The zero-order chi connectivity index (χ0) is 13.7. The normalized spacial score (nSPS) is 26.7. The van der Waals surface area contributed by atoms with Gasteiger partial charge in [-0.3, -0.25) is 0 Å². The molecule has 0 heterocycles. The molecular formula is C14H18N4S. The number of allylic oxidation sites excluding steroid dienone is 1. The molecule has 2 rings (SSSR count). The van der Waals surface area contributed by atoms with Gasteiger partial charge in [0.05, 0.1) is 25.0 Å². The van der Waals surface area contributed by atoms with E-state index in [1.807, 2.05) is 4.90 Å². The summed E-state index contributed by atoms with van der Waals surface area (Å²) in [5.74, 6) is 1.30. The van der Waals surface area contributed by atoms with Crippen molar-refractivity contribution < 1.29 is 0 Å². The number of hydrogen-bond donors (Lipinski definition) is 1. The van der Waals surface area contributed by atoms with Crippen LogP contribution in [0.5, 0.6) is 0 Å². The van der Waals surface area contributed by atoms with Crippen LogP contribution in [-0.4, -0.2) is 29.1 Å². The van der Waals surface area contributed by atoms with Crippen molar-refractivity contribution in [3.63, 3.8) is 0 Å². The monoisotopic (exact) mass is 274 g/mol. The lowest BCUT2D eigenvalue weighted by molar-refractivity contribution is 0.408. The van der Waals surface area contributed by atoms with Crippen molar-refractivity contribution in [3.05, 3.63) is 12.2 Å². The van der Waals surface area contributed by atoms with Crippen LogP contribution in [0, 0.1) is 34.5 Å². The van der Waals surface area contributed by atoms with Crippen LogP contribution < -0.4 is 5.32 Å². The Bertz CT molecular complexity index is 427. The van der Waals surface area contributed by atoms with Gasteiger partial charge in [-0.15, -0.1) is 0 Å². The minimum absolute atomic E-state index is 0.425. The number of thiocarbonyl (C=S) groups is 1. The second kappa shape index (κ2) is 6.54. The Balaban J connectivity index is 1.86. The Morgan fingerprint density at radius 2 is 1.89 bits per heavy atom. The van der Waals surface area contributed by atoms with Crippen molar-refractivity contribution in [2.24, 2.45) is 11.8 Å². The van der Waals surface area contributed by atoms with E-state index in [4.69, 9.17) is 22.7 Å². The van der Waals surface area contributed by atoms with Gasteiger partial charge in [-0.1, -0.05) is 12.2 Å². The molecule has 19 heavy (non-hydrogen) atoms. The molecule has 0 radical (unpaired) electrons. The first-order chi connectivity index (χ1) is 9.24. The van der Waals surface area contributed by atoms with Gasteiger partial charge < -0.3 is 10.2 Å². The zero-order valence-corrected chi connectivity index (χ0v) is 11.7. The smallest absolute Gasteiger partial charge is 0.169 e. The van der Waals surface area contributed by atoms with Crippen molar-refractivity contribution in [2.45, 2.75) is 31.7 Å². The topological polar surface area (TPSA) is 62.9 Å². The molecule has 0 aromatic heterocycles. The molecule has 0 saturated heterocycles. The van der Waals surface area contributed by atoms with E-state index in [1.54, 1.807) is 0 Å². The lowest BCUT2D eigenvalue weighted by Gasteiger charge is -2.29. The maximum atomic E-state index is 8.68. The molecule has 0 aromatic carbocycles. The number of fused-ring (bicyclic) bond motifs is 2. The second-order valence-electron chi connectivity index (χ2n) is 5.14. The van der Waals surface area contributed by atoms with Crippen LogP contribution in [0.2, 0.25) is 0 Å². The van der Waals surface area contributed by atoms with E-state index in [9.17, 15) is 0 Å². The molecule has 0 aromatic rings. The molecule has 2 aliphatic carbocycles. The molecule has 0 unspecified atom stereocenters. The molecule has 2 bridgehead atoms. The molecule has 0 amide bonds. The van der Waals surface area contributed by atoms with Crippen LogP contribution in [0.25, 0.3) is 0 Å². The maximum Gasteiger partial charge on any atom is 0.169 e. The summed E-state index contributed by atoms with van der Waals surface area (Å²) in [4.78, 5) is 1.94. The van der Waals surface area contributed by atoms with Crippen molar-refractivity contribution in [3.8, 4) is 12.1 Å². The van der Waals surface area contributed by atoms with Crippen LogP contribution in [0.15, 0.2) is 12.2 Å². The summed E-state index contributed by atoms with van der Waals surface area (Å²) in [6, 6.07) is 4.68. The Morgan fingerprint density at radius 1 is 1.21 bits per heavy atom. The summed E-state index contributed by atoms with van der Waals surface area (Å²) >= 11 is 5.43. The number of rotatable bonds is 5. The number of nitrogens with zero attached hydrogens (tertiary/aromatic N) is 3. The predicted molar refractivity (Wildman–Crippen MR) is 76.9 cm³/mol. The van der Waals surface area contributed by atoms with Crippen LogP contribution in [0.4, 0.5) is 0 Å². The highest BCUT2D eigenvalue weighted by Crippen LogP contribution is 2.38. The predicted octanol–water partition coefficient (Wildman–Crippen LogP) is 1.95. The Morgan fingerprint density at radius 3 is 2.37 bits per heavy atom. The van der Waals surface area contributed by atoms with Crippen molar-refractivity contribution in [2.75, 3.05) is 13.1 Å². The van der Waals surface area contributed by atoms with E-state index in [0.29, 0.717) is 48.9 Å². The lowest BCUT2D eigenvalue weighted by atomic mass is 10.0. The van der Waals surface area contributed by atoms with E-state index >= 15 is 0 Å². The quantitative estimate of drug-likeness (QED) is 0.613. The zero-order valence-electron chi connectivity index (χ0n) is 10.9. The van der Waals surface area contributed by atoms with Gasteiger partial charge in [0, 0.05) is 19.1 Å². The largest absolute Gasteiger partial charge is 0.359 e. The third kappa shape index (κ3) is 3.45. The summed E-state index contributed by atoms with van der Waals surface area (Å²) in [5, 5.41) is 21.5. The van der Waals surface area contributed by atoms with Crippen LogP contribution in [-0.2, 0) is 0 Å². The first-order valence-corrected chi connectivity index (χ1v) is 7.13. The van der Waals surface area contributed by atoms with Gasteiger partial charge in [0.2, 0.25) is 0 Å². The molecule has 0 spiro atoms. The third-order valence-electron chi connectivity index (χ3n) is 3.86. The number of hydrogen-bond acceptors (Lipinski definition) is 3. The SMILES string of the molecule is N#CCCN(CCC#N)C(=S)N[C@H]1C[C@H]2C=C[C@H]1C2. The number of nitrogens with one attached hydrogen (secondary N) is 1. The fourth-order valence-electron chi connectivity index (χ4n) is 2.88. The van der Waals surface area contributed by atoms with Gasteiger partial charge in [-0.25, -0.2) is 0 Å². The average molecular weight is 274 g/mol. The highest BCUT2D eigenvalue weighted by molar-refractivity contribution is 7.80. The summed E-state index contributed by atoms with van der Waals surface area (Å²) in [6.07, 6.45) is 7.83. The second-order valence-corrected chi connectivity index (χ2v) is 5.53. The van der Waals surface area contributed by atoms with E-state index < -0.39 is 0 Å². The van der Waals surface area contributed by atoms with E-state index in [-0.39, 0.29) is 0 Å². The third-order valence-corrected chi connectivity index (χ3v) is 4.24. The van der Waals surface area contributed by atoms with Crippen molar-refractivity contribution in [1.29, 1.82) is 10.5 Å². The van der Waals surface area contributed by atoms with Crippen LogP contribution >= 0.6 is 12.2 Å². The molecule has 4 nitrogen and oxygen atoms in total. The van der Waals surface area contributed by atoms with E-state index in [2.05, 4.69) is 29.6 Å². The fourth-order valence-corrected chi connectivity index (χ4v) is 3.22. The minimum Gasteiger partial charge on any atom is -0.359 e. The maximum absolute atomic E-state index is 8.68. The summed E-state index contributed by atoms with van der Waals surface area (Å²) in [7, 11) is 0. The molecule has 5 heteroatoms. The van der Waals surface area contributed by atoms with Gasteiger partial charge in [-0.2, -0.15) is 10.5 Å². The minimum atomic E-state index is 0.425. The molecule has 1 fully saturated rings. The molecular weight excluding hydrogens is 256 g/mol. The molecule has 100 valence electrons. The average Bonchev–Trinajstić information content (AvgIpc) is 3.01. The lowest BCUT2D eigenvalue weighted by Crippen LogP contribution is -2.46. The van der Waals surface area contributed by atoms with Gasteiger partial charge in [-0.05, 0) is 36.9 Å². The summed E-state index contributed by atoms with van der Waals surface area (Å²) in [5.41, 5.74) is 0. The standard InChI is InChI=1S/C14H18N4S/c15-5-1-7-18(8-2-6-16)14(19)17-13-10-11-3-4-12(13)9-11/h3-4,11-13H,1-2,7-10H2,(H,17,19)/t11-,12-,13-/m0/s1. The Hall–Kier alpha value is -1.59. The highest BCUT2D eigenvalue weighted by atomic mass is 32.1. The van der Waals surface area contributed by atoms with Gasteiger partial charge in [0.15, 0.2) is 5.11 Å². The first-order valence-electron chi connectivity index (χ1n) is 6.72. The van der Waals surface area contributed by atoms with Gasteiger partial charge in [0.1, 0.15) is 0 Å². The molecule has 2 aliphatic rings. The Labute approximate surface area is 119 Å². The van der Waals surface area contributed by atoms with E-state index in [1.165, 1.54) is 6.42 Å². The first kappa shape index (κ1) is 13.8. The summed E-state index contributed by atoms with van der Waals surface area (Å²) in [6.45, 7) is 1.20. The van der Waals surface area contributed by atoms with Crippen molar-refractivity contribution in [1.82, 2.24) is 10.2 Å². The van der Waals surface area contributed by atoms with Crippen LogP contribution in [0.3, 0.4) is 0 Å². The molecule has 1 N–H and O–H groups in total. The molecule has 3 atom stereocenters. The van der Waals surface area contributed by atoms with Crippen LogP contribution in [0.1, 0.15) is 25.7 Å². The van der Waals surface area contributed by atoms with E-state index in [0.717, 1.165) is 6.42 Å². The Kier molecular flexibility index (Phi) is 4.76. The van der Waals surface area contributed by atoms with Crippen molar-refractivity contribution >= 4 is 17.3 Å². The molecule has 1 saturated carbocycles. The summed E-state index contributed by atoms with van der Waals surface area (Å²) < 4.78 is 0. The van der Waals surface area contributed by atoms with Gasteiger partial charge >= 0.3 is 0 Å². The number of nitriles is 2. The van der Waals surface area contributed by atoms with Gasteiger partial charge in [0.25, 0.3) is 0 Å². The fraction of sp³-hybridized carbons (Fsp3) is 0.643.